The van der Waals surface area contributed by atoms with Crippen LogP contribution >= 0.6 is 0 Å². The average Bonchev–Trinajstić information content (AvgIpc) is 2.03. The highest BCUT2D eigenvalue weighted by Gasteiger charge is 1.99. The fourth-order valence-corrected chi connectivity index (χ4v) is 0.657. The molecule has 0 saturated carbocycles. The second-order valence-electron chi connectivity index (χ2n) is 2.14. The predicted octanol–water partition coefficient (Wildman–Crippen LogP) is -2.23. The molecule has 0 aliphatic rings. The van der Waals surface area contributed by atoms with E-state index < -0.39 is 0 Å². The zero-order valence-electron chi connectivity index (χ0n) is 6.53. The lowest BCUT2D eigenvalue weighted by atomic mass is 10.6. The number of hydrogen-bond acceptors (Lipinski definition) is 5. The Labute approximate surface area is 66.3 Å². The molecule has 0 aromatic heterocycles. The van der Waals surface area contributed by atoms with Gasteiger partial charge in [0.1, 0.15) is 0 Å². The van der Waals surface area contributed by atoms with Crippen LogP contribution in [0.5, 0.6) is 0 Å². The summed E-state index contributed by atoms with van der Waals surface area (Å²) in [7, 11) is 0. The third-order valence-corrected chi connectivity index (χ3v) is 1.24. The first kappa shape index (κ1) is 10.8. The van der Waals surface area contributed by atoms with E-state index in [4.69, 9.17) is 15.3 Å². The summed E-state index contributed by atoms with van der Waals surface area (Å²) in [5.74, 6) is 0. The summed E-state index contributed by atoms with van der Waals surface area (Å²) in [4.78, 5) is 1.62. The molecule has 0 aromatic carbocycles. The third kappa shape index (κ3) is 6.21. The van der Waals surface area contributed by atoms with Crippen LogP contribution in [-0.2, 0) is 0 Å². The van der Waals surface area contributed by atoms with E-state index in [0.29, 0.717) is 19.8 Å². The van der Waals surface area contributed by atoms with Crippen LogP contribution in [0.25, 0.3) is 0 Å². The Kier molecular flexibility index (Phi) is 7.76. The SMILES string of the molecule is OCCNCN(CO)CCO. The van der Waals surface area contributed by atoms with Crippen LogP contribution in [-0.4, -0.2) is 59.9 Å². The molecule has 68 valence electrons. The summed E-state index contributed by atoms with van der Waals surface area (Å²) >= 11 is 0. The van der Waals surface area contributed by atoms with Crippen LogP contribution in [0.15, 0.2) is 0 Å². The van der Waals surface area contributed by atoms with E-state index in [0.717, 1.165) is 0 Å². The molecule has 0 radical (unpaired) electrons. The average molecular weight is 164 g/mol. The van der Waals surface area contributed by atoms with Crippen molar-refractivity contribution in [3.8, 4) is 0 Å². The largest absolute Gasteiger partial charge is 0.395 e. The van der Waals surface area contributed by atoms with Crippen molar-refractivity contribution in [2.45, 2.75) is 0 Å². The standard InChI is InChI=1S/C6H16N2O3/c9-3-1-7-5-8(6-11)2-4-10/h7,9-11H,1-6H2. The van der Waals surface area contributed by atoms with E-state index in [2.05, 4.69) is 5.32 Å². The molecule has 0 fully saturated rings. The van der Waals surface area contributed by atoms with Crippen LogP contribution in [0.3, 0.4) is 0 Å². The van der Waals surface area contributed by atoms with Crippen LogP contribution in [0.4, 0.5) is 0 Å². The minimum atomic E-state index is -0.0843. The van der Waals surface area contributed by atoms with E-state index in [-0.39, 0.29) is 19.9 Å². The fraction of sp³-hybridized carbons (Fsp3) is 1.00. The minimum absolute atomic E-state index is 0.0291. The zero-order chi connectivity index (χ0) is 8.53. The van der Waals surface area contributed by atoms with E-state index in [1.807, 2.05) is 0 Å². The number of nitrogens with one attached hydrogen (secondary N) is 1. The molecule has 0 bridgehead atoms. The monoisotopic (exact) mass is 164 g/mol. The van der Waals surface area contributed by atoms with Crippen molar-refractivity contribution in [1.29, 1.82) is 0 Å². The molecule has 0 aliphatic heterocycles. The Bertz CT molecular complexity index is 82.2. The molecule has 0 amide bonds. The molecule has 4 N–H and O–H groups in total. The van der Waals surface area contributed by atoms with Gasteiger partial charge in [-0.25, -0.2) is 0 Å². The predicted molar refractivity (Wildman–Crippen MR) is 40.8 cm³/mol. The minimum Gasteiger partial charge on any atom is -0.395 e. The van der Waals surface area contributed by atoms with Crippen LogP contribution in [0, 0.1) is 0 Å². The molecule has 0 aliphatic carbocycles. The highest BCUT2D eigenvalue weighted by Crippen LogP contribution is 1.80. The molecule has 0 saturated heterocycles. The van der Waals surface area contributed by atoms with Gasteiger partial charge in [0.25, 0.3) is 0 Å². The number of aliphatic hydroxyl groups is 3. The maximum atomic E-state index is 8.67. The fourth-order valence-electron chi connectivity index (χ4n) is 0.657. The van der Waals surface area contributed by atoms with Gasteiger partial charge in [0.05, 0.1) is 26.6 Å². The van der Waals surface area contributed by atoms with Gasteiger partial charge in [-0.05, 0) is 0 Å². The van der Waals surface area contributed by atoms with Gasteiger partial charge in [-0.15, -0.1) is 0 Å². The summed E-state index contributed by atoms with van der Waals surface area (Å²) in [5.41, 5.74) is 0. The molecular weight excluding hydrogens is 148 g/mol. The van der Waals surface area contributed by atoms with Crippen molar-refractivity contribution in [3.63, 3.8) is 0 Å². The molecule has 0 atom stereocenters. The molecule has 5 heteroatoms. The Morgan fingerprint density at radius 2 is 1.82 bits per heavy atom. The lowest BCUT2D eigenvalue weighted by Crippen LogP contribution is -2.37. The Morgan fingerprint density at radius 3 is 2.27 bits per heavy atom. The van der Waals surface area contributed by atoms with E-state index in [9.17, 15) is 0 Å². The van der Waals surface area contributed by atoms with Crippen molar-refractivity contribution >= 4 is 0 Å². The second-order valence-corrected chi connectivity index (χ2v) is 2.14. The first-order chi connectivity index (χ1) is 5.35. The smallest absolute Gasteiger partial charge is 0.0967 e. The van der Waals surface area contributed by atoms with E-state index in [1.165, 1.54) is 0 Å². The molecule has 0 unspecified atom stereocenters. The molecule has 11 heavy (non-hydrogen) atoms. The van der Waals surface area contributed by atoms with Crippen LogP contribution in [0.2, 0.25) is 0 Å². The van der Waals surface area contributed by atoms with Gasteiger partial charge in [0.15, 0.2) is 0 Å². The first-order valence-corrected chi connectivity index (χ1v) is 3.60. The number of hydrogen-bond donors (Lipinski definition) is 4. The van der Waals surface area contributed by atoms with Gasteiger partial charge in [-0.3, -0.25) is 4.90 Å². The Hall–Kier alpha value is -0.200. The quantitative estimate of drug-likeness (QED) is 0.253. The lowest BCUT2D eigenvalue weighted by molar-refractivity contribution is 0.0793. The summed E-state index contributed by atoms with van der Waals surface area (Å²) in [6.45, 7) is 1.45. The van der Waals surface area contributed by atoms with Crippen molar-refractivity contribution in [2.24, 2.45) is 0 Å². The summed E-state index contributed by atoms with van der Waals surface area (Å²) in [6.07, 6.45) is 0. The van der Waals surface area contributed by atoms with Gasteiger partial charge < -0.3 is 20.6 Å². The molecular formula is C6H16N2O3. The highest BCUT2D eigenvalue weighted by atomic mass is 16.3. The Morgan fingerprint density at radius 1 is 1.09 bits per heavy atom. The van der Waals surface area contributed by atoms with Crippen LogP contribution < -0.4 is 5.32 Å². The van der Waals surface area contributed by atoms with Gasteiger partial charge in [0.2, 0.25) is 0 Å². The third-order valence-electron chi connectivity index (χ3n) is 1.24. The normalized spacial score (nSPS) is 10.9. The van der Waals surface area contributed by atoms with Crippen LogP contribution in [0.1, 0.15) is 0 Å². The van der Waals surface area contributed by atoms with E-state index in [1.54, 1.807) is 4.90 Å². The molecule has 0 aromatic rings. The van der Waals surface area contributed by atoms with Gasteiger partial charge >= 0.3 is 0 Å². The maximum absolute atomic E-state index is 8.67. The number of nitrogens with zero attached hydrogens (tertiary/aromatic N) is 1. The molecule has 0 spiro atoms. The summed E-state index contributed by atoms with van der Waals surface area (Å²) in [5, 5.41) is 28.4. The summed E-state index contributed by atoms with van der Waals surface area (Å²) in [6, 6.07) is 0. The molecule has 0 heterocycles. The van der Waals surface area contributed by atoms with E-state index >= 15 is 0 Å². The van der Waals surface area contributed by atoms with Crippen molar-refractivity contribution in [1.82, 2.24) is 10.2 Å². The van der Waals surface area contributed by atoms with Gasteiger partial charge in [0, 0.05) is 13.1 Å². The Balaban J connectivity index is 3.20. The topological polar surface area (TPSA) is 76.0 Å². The van der Waals surface area contributed by atoms with Crippen molar-refractivity contribution in [2.75, 3.05) is 39.7 Å². The lowest BCUT2D eigenvalue weighted by Gasteiger charge is -2.17. The summed E-state index contributed by atoms with van der Waals surface area (Å²) < 4.78 is 0. The van der Waals surface area contributed by atoms with Gasteiger partial charge in [-0.1, -0.05) is 0 Å². The molecule has 5 nitrogen and oxygen atoms in total. The maximum Gasteiger partial charge on any atom is 0.0967 e. The highest BCUT2D eigenvalue weighted by molar-refractivity contribution is 4.49. The number of aliphatic hydroxyl groups excluding tert-OH is 3. The zero-order valence-corrected chi connectivity index (χ0v) is 6.53. The first-order valence-electron chi connectivity index (χ1n) is 3.60. The number of rotatable bonds is 7. The molecule has 0 rings (SSSR count). The van der Waals surface area contributed by atoms with Crippen molar-refractivity contribution in [3.05, 3.63) is 0 Å². The second kappa shape index (κ2) is 7.90. The van der Waals surface area contributed by atoms with Gasteiger partial charge in [-0.2, -0.15) is 0 Å². The van der Waals surface area contributed by atoms with Crippen molar-refractivity contribution < 1.29 is 15.3 Å².